The predicted octanol–water partition coefficient (Wildman–Crippen LogP) is 3.82. The van der Waals surface area contributed by atoms with Gasteiger partial charge in [0.25, 0.3) is 0 Å². The highest BCUT2D eigenvalue weighted by molar-refractivity contribution is 14.0. The van der Waals surface area contributed by atoms with Crippen LogP contribution in [0.2, 0.25) is 0 Å². The molecule has 2 N–H and O–H groups in total. The molecule has 4 rings (SSSR count). The van der Waals surface area contributed by atoms with Gasteiger partial charge in [-0.3, -0.25) is 9.89 Å². The molecule has 1 unspecified atom stereocenters. The summed E-state index contributed by atoms with van der Waals surface area (Å²) in [6.45, 7) is 3.82. The summed E-state index contributed by atoms with van der Waals surface area (Å²) >= 11 is 0. The third-order valence-electron chi connectivity index (χ3n) is 5.62. The fourth-order valence-corrected chi connectivity index (χ4v) is 3.96. The molecule has 0 spiro atoms. The Labute approximate surface area is 201 Å². The minimum Gasteiger partial charge on any atom is -0.355 e. The molecule has 3 aromatic rings. The zero-order chi connectivity index (χ0) is 20.6. The maximum atomic E-state index is 4.39. The summed E-state index contributed by atoms with van der Waals surface area (Å²) < 4.78 is 1.86. The Morgan fingerprint density at radius 1 is 1.03 bits per heavy atom. The summed E-state index contributed by atoms with van der Waals surface area (Å²) in [6, 6.07) is 21.6. The van der Waals surface area contributed by atoms with Gasteiger partial charge in [-0.2, -0.15) is 5.10 Å². The predicted molar refractivity (Wildman–Crippen MR) is 137 cm³/mol. The first-order chi connectivity index (χ1) is 14.8. The van der Waals surface area contributed by atoms with Crippen LogP contribution in [0.25, 0.3) is 5.69 Å². The van der Waals surface area contributed by atoms with Gasteiger partial charge < -0.3 is 10.6 Å². The van der Waals surface area contributed by atoms with Crippen molar-refractivity contribution in [3.05, 3.63) is 84.2 Å². The van der Waals surface area contributed by atoms with Crippen LogP contribution in [0.3, 0.4) is 0 Å². The van der Waals surface area contributed by atoms with E-state index < -0.39 is 0 Å². The number of hydrogen-bond donors (Lipinski definition) is 2. The highest BCUT2D eigenvalue weighted by Gasteiger charge is 2.24. The van der Waals surface area contributed by atoms with Crippen LogP contribution in [0.4, 0.5) is 0 Å². The molecular formula is C24H31IN6. The average Bonchev–Trinajstić information content (AvgIpc) is 3.48. The molecule has 2 aromatic carbocycles. The van der Waals surface area contributed by atoms with E-state index in [-0.39, 0.29) is 24.0 Å². The zero-order valence-electron chi connectivity index (χ0n) is 17.9. The Morgan fingerprint density at radius 3 is 2.55 bits per heavy atom. The van der Waals surface area contributed by atoms with E-state index >= 15 is 0 Å². The Kier molecular flexibility index (Phi) is 8.90. The lowest BCUT2D eigenvalue weighted by molar-refractivity contribution is 0.245. The van der Waals surface area contributed by atoms with Crippen molar-refractivity contribution in [2.45, 2.75) is 32.0 Å². The molecule has 1 aromatic heterocycles. The van der Waals surface area contributed by atoms with Gasteiger partial charge in [-0.05, 0) is 48.7 Å². The second kappa shape index (κ2) is 11.9. The number of hydrogen-bond acceptors (Lipinski definition) is 3. The number of nitrogens with one attached hydrogen (secondary N) is 2. The smallest absolute Gasteiger partial charge is 0.191 e. The molecule has 0 aliphatic carbocycles. The van der Waals surface area contributed by atoms with Gasteiger partial charge in [0.05, 0.1) is 5.69 Å². The van der Waals surface area contributed by atoms with E-state index in [4.69, 9.17) is 0 Å². The van der Waals surface area contributed by atoms with Crippen LogP contribution >= 0.6 is 24.0 Å². The van der Waals surface area contributed by atoms with Gasteiger partial charge in [-0.25, -0.2) is 4.68 Å². The lowest BCUT2D eigenvalue weighted by Gasteiger charge is -2.25. The minimum atomic E-state index is 0. The Hall–Kier alpha value is -2.39. The van der Waals surface area contributed by atoms with E-state index in [9.17, 15) is 0 Å². The molecule has 0 amide bonds. The van der Waals surface area contributed by atoms with E-state index in [0.717, 1.165) is 37.8 Å². The standard InChI is InChI=1S/C24H30N6.HI/c1-25-24(26-17-20-10-12-22(13-11-20)30-16-6-14-28-30)27-18-23-9-5-15-29(23)19-21-7-3-2-4-8-21;/h2-4,6-8,10-14,16,23H,5,9,15,17-19H2,1H3,(H2,25,26,27);1H. The van der Waals surface area contributed by atoms with Gasteiger partial charge in [0.15, 0.2) is 5.96 Å². The Balaban J connectivity index is 0.00000272. The molecule has 164 valence electrons. The van der Waals surface area contributed by atoms with Gasteiger partial charge in [-0.1, -0.05) is 42.5 Å². The SMILES string of the molecule is CN=C(NCc1ccc(-n2cccn2)cc1)NCC1CCCN1Cc1ccccc1.I. The number of halogens is 1. The number of rotatable bonds is 7. The zero-order valence-corrected chi connectivity index (χ0v) is 20.3. The number of nitrogens with zero attached hydrogens (tertiary/aromatic N) is 4. The van der Waals surface area contributed by atoms with Crippen LogP contribution in [-0.4, -0.2) is 46.8 Å². The van der Waals surface area contributed by atoms with Crippen LogP contribution < -0.4 is 10.6 Å². The van der Waals surface area contributed by atoms with E-state index in [1.54, 1.807) is 6.20 Å². The van der Waals surface area contributed by atoms with Gasteiger partial charge in [0.2, 0.25) is 0 Å². The summed E-state index contributed by atoms with van der Waals surface area (Å²) in [7, 11) is 1.83. The summed E-state index contributed by atoms with van der Waals surface area (Å²) in [5.74, 6) is 0.845. The quantitative estimate of drug-likeness (QED) is 0.277. The van der Waals surface area contributed by atoms with E-state index in [0.29, 0.717) is 6.04 Å². The topological polar surface area (TPSA) is 57.5 Å². The Morgan fingerprint density at radius 2 is 1.84 bits per heavy atom. The first-order valence-corrected chi connectivity index (χ1v) is 10.6. The molecule has 0 bridgehead atoms. The molecule has 1 aliphatic heterocycles. The third kappa shape index (κ3) is 6.54. The molecule has 0 saturated carbocycles. The van der Waals surface area contributed by atoms with Crippen molar-refractivity contribution in [1.29, 1.82) is 0 Å². The molecule has 0 radical (unpaired) electrons. The second-order valence-electron chi connectivity index (χ2n) is 7.68. The fourth-order valence-electron chi connectivity index (χ4n) is 3.96. The van der Waals surface area contributed by atoms with Gasteiger partial charge in [-0.15, -0.1) is 24.0 Å². The Bertz CT molecular complexity index is 924. The van der Waals surface area contributed by atoms with Crippen molar-refractivity contribution in [1.82, 2.24) is 25.3 Å². The van der Waals surface area contributed by atoms with Crippen LogP contribution in [0, 0.1) is 0 Å². The first-order valence-electron chi connectivity index (χ1n) is 10.6. The number of likely N-dealkylation sites (tertiary alicyclic amines) is 1. The van der Waals surface area contributed by atoms with E-state index in [1.165, 1.54) is 24.0 Å². The summed E-state index contributed by atoms with van der Waals surface area (Å²) in [4.78, 5) is 6.97. The van der Waals surface area contributed by atoms with E-state index in [2.05, 4.69) is 80.2 Å². The molecule has 1 fully saturated rings. The lowest BCUT2D eigenvalue weighted by atomic mass is 10.2. The average molecular weight is 530 g/mol. The summed E-state index contributed by atoms with van der Waals surface area (Å²) in [5, 5.41) is 11.2. The van der Waals surface area contributed by atoms with Crippen molar-refractivity contribution < 1.29 is 0 Å². The van der Waals surface area contributed by atoms with Gasteiger partial charge in [0, 0.05) is 45.1 Å². The molecule has 1 atom stereocenters. The van der Waals surface area contributed by atoms with Crippen LogP contribution in [0.15, 0.2) is 78.0 Å². The molecule has 1 aliphatic rings. The highest BCUT2D eigenvalue weighted by atomic mass is 127. The molecule has 2 heterocycles. The summed E-state index contributed by atoms with van der Waals surface area (Å²) in [6.07, 6.45) is 6.22. The van der Waals surface area contributed by atoms with Gasteiger partial charge in [0.1, 0.15) is 0 Å². The molecular weight excluding hydrogens is 499 g/mol. The normalized spacial score (nSPS) is 16.7. The van der Waals surface area contributed by atoms with Gasteiger partial charge >= 0.3 is 0 Å². The van der Waals surface area contributed by atoms with Crippen molar-refractivity contribution in [2.24, 2.45) is 4.99 Å². The second-order valence-corrected chi connectivity index (χ2v) is 7.68. The lowest BCUT2D eigenvalue weighted by Crippen LogP contribution is -2.44. The fraction of sp³-hybridized carbons (Fsp3) is 0.333. The van der Waals surface area contributed by atoms with Crippen molar-refractivity contribution in [3.63, 3.8) is 0 Å². The minimum absolute atomic E-state index is 0. The van der Waals surface area contributed by atoms with Crippen LogP contribution in [0.5, 0.6) is 0 Å². The monoisotopic (exact) mass is 530 g/mol. The van der Waals surface area contributed by atoms with Crippen LogP contribution in [0.1, 0.15) is 24.0 Å². The van der Waals surface area contributed by atoms with Crippen molar-refractivity contribution >= 4 is 29.9 Å². The maximum absolute atomic E-state index is 4.39. The number of benzene rings is 2. The largest absolute Gasteiger partial charge is 0.355 e. The molecule has 31 heavy (non-hydrogen) atoms. The van der Waals surface area contributed by atoms with Crippen molar-refractivity contribution in [3.8, 4) is 5.69 Å². The number of aromatic nitrogens is 2. The number of guanidine groups is 1. The maximum Gasteiger partial charge on any atom is 0.191 e. The third-order valence-corrected chi connectivity index (χ3v) is 5.62. The first kappa shape index (κ1) is 23.3. The van der Waals surface area contributed by atoms with Crippen LogP contribution in [-0.2, 0) is 13.1 Å². The van der Waals surface area contributed by atoms with Crippen molar-refractivity contribution in [2.75, 3.05) is 20.1 Å². The summed E-state index contributed by atoms with van der Waals surface area (Å²) in [5.41, 5.74) is 3.65. The number of aliphatic imine (C=N–C) groups is 1. The molecule has 7 heteroatoms. The molecule has 6 nitrogen and oxygen atoms in total. The highest BCUT2D eigenvalue weighted by Crippen LogP contribution is 2.19. The molecule has 1 saturated heterocycles. The van der Waals surface area contributed by atoms with E-state index in [1.807, 2.05) is 24.0 Å².